The van der Waals surface area contributed by atoms with E-state index in [4.69, 9.17) is 30.6 Å². The van der Waals surface area contributed by atoms with E-state index >= 15 is 0 Å². The Balaban J connectivity index is -0.000000131. The predicted molar refractivity (Wildman–Crippen MR) is 178 cm³/mol. The minimum atomic E-state index is 0.250. The molecule has 0 atom stereocenters. The Morgan fingerprint density at radius 1 is 0.200 bits per heavy atom. The summed E-state index contributed by atoms with van der Waals surface area (Å²) >= 11 is 0. The van der Waals surface area contributed by atoms with Crippen LogP contribution in [0.15, 0.2) is 0 Å². The lowest BCUT2D eigenvalue weighted by molar-refractivity contribution is 0.318. The molecule has 0 spiro atoms. The van der Waals surface area contributed by atoms with Crippen LogP contribution in [0.5, 0.6) is 0 Å². The molecule has 0 aromatic rings. The van der Waals surface area contributed by atoms with Gasteiger partial charge in [0.1, 0.15) is 0 Å². The van der Waals surface area contributed by atoms with Crippen molar-refractivity contribution in [3.05, 3.63) is 0 Å². The minimum absolute atomic E-state index is 0.250. The lowest BCUT2D eigenvalue weighted by Gasteiger charge is -2.05. The maximum Gasteiger partial charge on any atom is 0.0402 e. The average Bonchev–Trinajstić information content (AvgIpc) is 2.91. The molecule has 1 rings (SSSR count). The highest BCUT2D eigenvalue weighted by atomic mass is 16.3. The zero-order chi connectivity index (χ0) is 31.8. The molecule has 0 radical (unpaired) electrons. The summed E-state index contributed by atoms with van der Waals surface area (Å²) in [7, 11) is 0. The SMILES string of the molecule is C1CCCCCCCCCCCCCCCCCCCCC1.CCO.CCO.CCO.CCO.CCO.CCO. The van der Waals surface area contributed by atoms with Gasteiger partial charge >= 0.3 is 0 Å². The standard InChI is InChI=1S/C22H44.6C2H6O/c1-2-4-6-8-10-12-14-16-18-20-22-21-19-17-15-13-11-9-7-5-3-1;6*1-2-3/h1-22H2;6*3H,2H2,1H3. The fourth-order valence-corrected chi connectivity index (χ4v) is 3.89. The molecule has 0 aliphatic heterocycles. The molecule has 0 aromatic heterocycles. The molecule has 1 fully saturated rings. The normalized spacial score (nSPS) is 15.9. The topological polar surface area (TPSA) is 121 Å². The molecule has 1 saturated carbocycles. The predicted octanol–water partition coefficient (Wildman–Crippen LogP) is 8.57. The van der Waals surface area contributed by atoms with E-state index in [1.54, 1.807) is 41.5 Å². The molecular weight excluding hydrogens is 504 g/mol. The molecule has 1 aliphatic rings. The number of hydrogen-bond acceptors (Lipinski definition) is 6. The second-order valence-corrected chi connectivity index (χ2v) is 9.68. The molecule has 0 saturated heterocycles. The van der Waals surface area contributed by atoms with Crippen LogP contribution in [0.2, 0.25) is 0 Å². The molecule has 0 bridgehead atoms. The Kier molecular flexibility index (Phi) is 94.0. The van der Waals surface area contributed by atoms with Crippen LogP contribution in [0.3, 0.4) is 0 Å². The first-order valence-electron chi connectivity index (χ1n) is 17.1. The van der Waals surface area contributed by atoms with E-state index in [1.165, 1.54) is 141 Å². The summed E-state index contributed by atoms with van der Waals surface area (Å²) in [4.78, 5) is 0. The third kappa shape index (κ3) is 108. The van der Waals surface area contributed by atoms with Crippen molar-refractivity contribution >= 4 is 0 Å². The first-order valence-corrected chi connectivity index (χ1v) is 17.1. The van der Waals surface area contributed by atoms with Crippen LogP contribution in [0.4, 0.5) is 0 Å². The first kappa shape index (κ1) is 52.4. The Bertz CT molecular complexity index is 180. The highest BCUT2D eigenvalue weighted by Crippen LogP contribution is 2.16. The lowest BCUT2D eigenvalue weighted by atomic mass is 10.0. The maximum atomic E-state index is 7.57. The Hall–Kier alpha value is -0.240. The fraction of sp³-hybridized carbons (Fsp3) is 1.00. The summed E-state index contributed by atoms with van der Waals surface area (Å²) in [6.07, 6.45) is 33.0. The van der Waals surface area contributed by atoms with Crippen molar-refractivity contribution in [3.8, 4) is 0 Å². The van der Waals surface area contributed by atoms with E-state index in [0.717, 1.165) is 0 Å². The number of aliphatic hydroxyl groups is 6. The van der Waals surface area contributed by atoms with Gasteiger partial charge in [-0.05, 0) is 41.5 Å². The van der Waals surface area contributed by atoms with Gasteiger partial charge in [-0.2, -0.15) is 0 Å². The van der Waals surface area contributed by atoms with E-state index in [1.807, 2.05) is 0 Å². The highest BCUT2D eigenvalue weighted by molar-refractivity contribution is 4.52. The fourth-order valence-electron chi connectivity index (χ4n) is 3.89. The monoisotopic (exact) mass is 585 g/mol. The average molecular weight is 585 g/mol. The summed E-state index contributed by atoms with van der Waals surface area (Å²) in [5.41, 5.74) is 0. The molecule has 40 heavy (non-hydrogen) atoms. The van der Waals surface area contributed by atoms with Crippen molar-refractivity contribution in [3.63, 3.8) is 0 Å². The van der Waals surface area contributed by atoms with Gasteiger partial charge in [0, 0.05) is 39.6 Å². The Morgan fingerprint density at radius 3 is 0.250 bits per heavy atom. The van der Waals surface area contributed by atoms with Crippen molar-refractivity contribution in [2.24, 2.45) is 0 Å². The molecule has 252 valence electrons. The summed E-state index contributed by atoms with van der Waals surface area (Å²) in [5, 5.41) is 45.4. The molecule has 0 unspecified atom stereocenters. The van der Waals surface area contributed by atoms with Gasteiger partial charge < -0.3 is 30.6 Å². The summed E-state index contributed by atoms with van der Waals surface area (Å²) in [6, 6.07) is 0. The zero-order valence-electron chi connectivity index (χ0n) is 28.5. The van der Waals surface area contributed by atoms with Gasteiger partial charge in [-0.25, -0.2) is 0 Å². The number of aliphatic hydroxyl groups excluding tert-OH is 6. The van der Waals surface area contributed by atoms with Gasteiger partial charge in [0.2, 0.25) is 0 Å². The van der Waals surface area contributed by atoms with E-state index in [9.17, 15) is 0 Å². The van der Waals surface area contributed by atoms with Crippen molar-refractivity contribution in [1.29, 1.82) is 0 Å². The van der Waals surface area contributed by atoms with Crippen molar-refractivity contribution in [1.82, 2.24) is 0 Å². The molecule has 0 amide bonds. The molecule has 6 N–H and O–H groups in total. The van der Waals surface area contributed by atoms with Crippen LogP contribution in [0.1, 0.15) is 183 Å². The lowest BCUT2D eigenvalue weighted by Crippen LogP contribution is -1.85. The van der Waals surface area contributed by atoms with Crippen molar-refractivity contribution < 1.29 is 30.6 Å². The maximum absolute atomic E-state index is 7.57. The molecule has 0 aromatic carbocycles. The quantitative estimate of drug-likeness (QED) is 0.170. The third-order valence-electron chi connectivity index (χ3n) is 5.50. The Morgan fingerprint density at radius 2 is 0.225 bits per heavy atom. The summed E-state index contributed by atoms with van der Waals surface area (Å²) < 4.78 is 0. The van der Waals surface area contributed by atoms with Gasteiger partial charge in [-0.1, -0.05) is 141 Å². The molecule has 0 heterocycles. The first-order chi connectivity index (χ1) is 19.5. The van der Waals surface area contributed by atoms with E-state index in [2.05, 4.69) is 0 Å². The molecule has 6 heteroatoms. The minimum Gasteiger partial charge on any atom is -0.397 e. The Labute approximate surface area is 253 Å². The number of rotatable bonds is 0. The van der Waals surface area contributed by atoms with Gasteiger partial charge in [0.15, 0.2) is 0 Å². The smallest absolute Gasteiger partial charge is 0.0402 e. The van der Waals surface area contributed by atoms with Crippen LogP contribution in [-0.4, -0.2) is 70.3 Å². The third-order valence-corrected chi connectivity index (χ3v) is 5.50. The molecule has 6 nitrogen and oxygen atoms in total. The van der Waals surface area contributed by atoms with Gasteiger partial charge in [0.25, 0.3) is 0 Å². The molecule has 1 aliphatic carbocycles. The van der Waals surface area contributed by atoms with Crippen LogP contribution in [-0.2, 0) is 0 Å². The summed E-state index contributed by atoms with van der Waals surface area (Å²) in [6.45, 7) is 11.6. The second kappa shape index (κ2) is 71.7. The van der Waals surface area contributed by atoms with Crippen LogP contribution in [0, 0.1) is 0 Å². The van der Waals surface area contributed by atoms with Crippen molar-refractivity contribution in [2.45, 2.75) is 183 Å². The zero-order valence-corrected chi connectivity index (χ0v) is 28.5. The number of hydrogen-bond donors (Lipinski definition) is 6. The largest absolute Gasteiger partial charge is 0.397 e. The highest BCUT2D eigenvalue weighted by Gasteiger charge is 1.97. The van der Waals surface area contributed by atoms with Crippen LogP contribution in [0.25, 0.3) is 0 Å². The molecular formula is C34H80O6. The summed E-state index contributed by atoms with van der Waals surface area (Å²) in [5.74, 6) is 0. The van der Waals surface area contributed by atoms with Crippen LogP contribution < -0.4 is 0 Å². The van der Waals surface area contributed by atoms with Gasteiger partial charge in [0.05, 0.1) is 0 Å². The van der Waals surface area contributed by atoms with Crippen molar-refractivity contribution in [2.75, 3.05) is 39.6 Å². The van der Waals surface area contributed by atoms with E-state index in [0.29, 0.717) is 0 Å². The van der Waals surface area contributed by atoms with Gasteiger partial charge in [-0.15, -0.1) is 0 Å². The van der Waals surface area contributed by atoms with E-state index in [-0.39, 0.29) is 39.6 Å². The second-order valence-electron chi connectivity index (χ2n) is 9.68. The van der Waals surface area contributed by atoms with Crippen LogP contribution >= 0.6 is 0 Å². The van der Waals surface area contributed by atoms with E-state index < -0.39 is 0 Å². The van der Waals surface area contributed by atoms with Gasteiger partial charge in [-0.3, -0.25) is 0 Å².